The first-order valence-corrected chi connectivity index (χ1v) is 5.00. The Balaban J connectivity index is 2.83. The molecule has 0 bridgehead atoms. The molecule has 0 N–H and O–H groups in total. The van der Waals surface area contributed by atoms with E-state index in [9.17, 15) is 14.9 Å². The maximum atomic E-state index is 11.7. The summed E-state index contributed by atoms with van der Waals surface area (Å²) in [7, 11) is 1.83. The molecule has 0 amide bonds. The Morgan fingerprint density at radius 1 is 1.50 bits per heavy atom. The zero-order valence-electron chi connectivity index (χ0n) is 9.34. The predicted octanol–water partition coefficient (Wildman–Crippen LogP) is 1.73. The van der Waals surface area contributed by atoms with Crippen LogP contribution in [-0.2, 0) is 0 Å². The number of nitro benzene ring substituents is 1. The van der Waals surface area contributed by atoms with Gasteiger partial charge in [-0.1, -0.05) is 19.1 Å². The van der Waals surface area contributed by atoms with Gasteiger partial charge >= 0.3 is 0 Å². The molecule has 0 aliphatic heterocycles. The van der Waals surface area contributed by atoms with Gasteiger partial charge in [-0.15, -0.1) is 0 Å². The SMILES string of the molecule is CCN(C)CC(=O)c1cccc([N+](=O)[O-])c1. The number of likely N-dealkylation sites (N-methyl/N-ethyl adjacent to an activating group) is 1. The van der Waals surface area contributed by atoms with E-state index in [1.54, 1.807) is 6.07 Å². The van der Waals surface area contributed by atoms with E-state index in [2.05, 4.69) is 0 Å². The van der Waals surface area contributed by atoms with Crippen LogP contribution in [0.1, 0.15) is 17.3 Å². The van der Waals surface area contributed by atoms with E-state index < -0.39 is 4.92 Å². The lowest BCUT2D eigenvalue weighted by atomic mass is 10.1. The highest BCUT2D eigenvalue weighted by molar-refractivity contribution is 5.98. The Morgan fingerprint density at radius 3 is 2.75 bits per heavy atom. The van der Waals surface area contributed by atoms with Crippen molar-refractivity contribution in [3.8, 4) is 0 Å². The second kappa shape index (κ2) is 5.37. The number of nitrogens with zero attached hydrogens (tertiary/aromatic N) is 2. The van der Waals surface area contributed by atoms with E-state index in [1.165, 1.54) is 18.2 Å². The van der Waals surface area contributed by atoms with Gasteiger partial charge < -0.3 is 0 Å². The summed E-state index contributed by atoms with van der Waals surface area (Å²) in [6.45, 7) is 2.99. The largest absolute Gasteiger partial charge is 0.299 e. The molecule has 0 spiro atoms. The number of Topliss-reactive ketones (excluding diaryl/α,β-unsaturated/α-hetero) is 1. The highest BCUT2D eigenvalue weighted by Crippen LogP contribution is 2.13. The van der Waals surface area contributed by atoms with E-state index in [4.69, 9.17) is 0 Å². The summed E-state index contributed by atoms with van der Waals surface area (Å²) in [6.07, 6.45) is 0. The maximum absolute atomic E-state index is 11.7. The average Bonchev–Trinajstić information content (AvgIpc) is 2.28. The minimum Gasteiger partial charge on any atom is -0.299 e. The number of ketones is 1. The summed E-state index contributed by atoms with van der Waals surface area (Å²) >= 11 is 0. The summed E-state index contributed by atoms with van der Waals surface area (Å²) in [5.41, 5.74) is 0.333. The van der Waals surface area contributed by atoms with Crippen LogP contribution in [0.25, 0.3) is 0 Å². The average molecular weight is 222 g/mol. The van der Waals surface area contributed by atoms with E-state index in [-0.39, 0.29) is 18.0 Å². The molecule has 0 aliphatic rings. The van der Waals surface area contributed by atoms with Crippen LogP contribution >= 0.6 is 0 Å². The first kappa shape index (κ1) is 12.3. The van der Waals surface area contributed by atoms with E-state index in [0.717, 1.165) is 6.54 Å². The van der Waals surface area contributed by atoms with Crippen LogP contribution in [-0.4, -0.2) is 35.7 Å². The Labute approximate surface area is 93.8 Å². The fourth-order valence-corrected chi connectivity index (χ4v) is 1.24. The number of carbonyl (C=O) groups excluding carboxylic acids is 1. The Morgan fingerprint density at radius 2 is 2.19 bits per heavy atom. The van der Waals surface area contributed by atoms with Crippen LogP contribution in [0.3, 0.4) is 0 Å². The second-order valence-corrected chi connectivity index (χ2v) is 3.56. The standard InChI is InChI=1S/C11H14N2O3/c1-3-12(2)8-11(14)9-5-4-6-10(7-9)13(15)16/h4-7H,3,8H2,1-2H3. The Hall–Kier alpha value is -1.75. The number of benzene rings is 1. The second-order valence-electron chi connectivity index (χ2n) is 3.56. The maximum Gasteiger partial charge on any atom is 0.270 e. The third-order valence-corrected chi connectivity index (χ3v) is 2.33. The zero-order chi connectivity index (χ0) is 12.1. The fourth-order valence-electron chi connectivity index (χ4n) is 1.24. The molecule has 0 atom stereocenters. The van der Waals surface area contributed by atoms with Crippen molar-refractivity contribution in [2.45, 2.75) is 6.92 Å². The van der Waals surface area contributed by atoms with Gasteiger partial charge in [0.05, 0.1) is 11.5 Å². The molecule has 16 heavy (non-hydrogen) atoms. The molecule has 0 aliphatic carbocycles. The minimum absolute atomic E-state index is 0.0509. The number of rotatable bonds is 5. The molecule has 1 aromatic rings. The smallest absolute Gasteiger partial charge is 0.270 e. The molecule has 0 radical (unpaired) electrons. The van der Waals surface area contributed by atoms with Crippen molar-refractivity contribution in [1.29, 1.82) is 0 Å². The third-order valence-electron chi connectivity index (χ3n) is 2.33. The molecule has 0 fully saturated rings. The number of hydrogen-bond donors (Lipinski definition) is 0. The highest BCUT2D eigenvalue weighted by Gasteiger charge is 2.12. The van der Waals surface area contributed by atoms with Gasteiger partial charge in [-0.05, 0) is 13.6 Å². The van der Waals surface area contributed by atoms with Crippen LogP contribution in [0.4, 0.5) is 5.69 Å². The van der Waals surface area contributed by atoms with Crippen molar-refractivity contribution >= 4 is 11.5 Å². The van der Waals surface area contributed by atoms with Gasteiger partial charge in [-0.3, -0.25) is 19.8 Å². The fraction of sp³-hybridized carbons (Fsp3) is 0.364. The molecule has 86 valence electrons. The first-order valence-electron chi connectivity index (χ1n) is 5.00. The molecule has 0 aromatic heterocycles. The van der Waals surface area contributed by atoms with Crippen molar-refractivity contribution in [1.82, 2.24) is 4.90 Å². The molecule has 1 aromatic carbocycles. The van der Waals surface area contributed by atoms with Crippen molar-refractivity contribution in [3.63, 3.8) is 0 Å². The van der Waals surface area contributed by atoms with Gasteiger partial charge in [-0.2, -0.15) is 0 Å². The lowest BCUT2D eigenvalue weighted by Crippen LogP contribution is -2.25. The number of non-ortho nitro benzene ring substituents is 1. The van der Waals surface area contributed by atoms with Crippen LogP contribution in [0.2, 0.25) is 0 Å². The minimum atomic E-state index is -0.500. The summed E-state index contributed by atoms with van der Waals surface area (Å²) in [6, 6.07) is 5.81. The number of hydrogen-bond acceptors (Lipinski definition) is 4. The lowest BCUT2D eigenvalue weighted by Gasteiger charge is -2.12. The van der Waals surface area contributed by atoms with Gasteiger partial charge in [0.2, 0.25) is 0 Å². The van der Waals surface area contributed by atoms with Crippen molar-refractivity contribution < 1.29 is 9.72 Å². The van der Waals surface area contributed by atoms with Gasteiger partial charge in [0.15, 0.2) is 5.78 Å². The van der Waals surface area contributed by atoms with Gasteiger partial charge in [0.1, 0.15) is 0 Å². The summed E-state index contributed by atoms with van der Waals surface area (Å²) in [5.74, 6) is -0.104. The zero-order valence-corrected chi connectivity index (χ0v) is 9.34. The van der Waals surface area contributed by atoms with Crippen LogP contribution in [0.5, 0.6) is 0 Å². The molecule has 5 nitrogen and oxygen atoms in total. The monoisotopic (exact) mass is 222 g/mol. The Kier molecular flexibility index (Phi) is 4.13. The highest BCUT2D eigenvalue weighted by atomic mass is 16.6. The Bertz CT molecular complexity index is 404. The van der Waals surface area contributed by atoms with Crippen molar-refractivity contribution in [2.75, 3.05) is 20.1 Å². The molecule has 0 unspecified atom stereocenters. The molecular weight excluding hydrogens is 208 g/mol. The topological polar surface area (TPSA) is 63.5 Å². The van der Waals surface area contributed by atoms with E-state index >= 15 is 0 Å². The molecular formula is C11H14N2O3. The first-order chi connectivity index (χ1) is 7.54. The van der Waals surface area contributed by atoms with Crippen molar-refractivity contribution in [2.24, 2.45) is 0 Å². The predicted molar refractivity (Wildman–Crippen MR) is 60.6 cm³/mol. The van der Waals surface area contributed by atoms with E-state index in [1.807, 2.05) is 18.9 Å². The molecule has 0 heterocycles. The third kappa shape index (κ3) is 3.13. The molecule has 0 saturated carbocycles. The molecule has 0 saturated heterocycles. The van der Waals surface area contributed by atoms with Crippen molar-refractivity contribution in [3.05, 3.63) is 39.9 Å². The number of carbonyl (C=O) groups is 1. The van der Waals surface area contributed by atoms with E-state index in [0.29, 0.717) is 5.56 Å². The summed E-state index contributed by atoms with van der Waals surface area (Å²) in [5, 5.41) is 10.5. The van der Waals surface area contributed by atoms with Crippen LogP contribution < -0.4 is 0 Å². The van der Waals surface area contributed by atoms with Crippen LogP contribution in [0.15, 0.2) is 24.3 Å². The number of nitro groups is 1. The van der Waals surface area contributed by atoms with Gasteiger partial charge in [0, 0.05) is 17.7 Å². The quantitative estimate of drug-likeness (QED) is 0.432. The normalized spacial score (nSPS) is 10.4. The molecule has 5 heteroatoms. The van der Waals surface area contributed by atoms with Gasteiger partial charge in [0.25, 0.3) is 5.69 Å². The van der Waals surface area contributed by atoms with Crippen LogP contribution in [0, 0.1) is 10.1 Å². The lowest BCUT2D eigenvalue weighted by molar-refractivity contribution is -0.384. The summed E-state index contributed by atoms with van der Waals surface area (Å²) in [4.78, 5) is 23.6. The van der Waals surface area contributed by atoms with Gasteiger partial charge in [-0.25, -0.2) is 0 Å². The molecule has 1 rings (SSSR count). The summed E-state index contributed by atoms with van der Waals surface area (Å²) < 4.78 is 0.